The lowest BCUT2D eigenvalue weighted by molar-refractivity contribution is 0.321. The van der Waals surface area contributed by atoms with Gasteiger partial charge >= 0.3 is 0 Å². The first-order valence-corrected chi connectivity index (χ1v) is 9.00. The standard InChI is InChI=1S/C14H26NOP/c16-15-11-12-17(13-7-3-1-4-8-13)14-9-5-2-6-10-14/h11,13-14,16H,1-10,12H2/b15-11+. The first-order chi connectivity index (χ1) is 8.42. The van der Waals surface area contributed by atoms with Gasteiger partial charge in [-0.2, -0.15) is 0 Å². The lowest BCUT2D eigenvalue weighted by Gasteiger charge is -2.37. The van der Waals surface area contributed by atoms with Gasteiger partial charge in [0.2, 0.25) is 0 Å². The first-order valence-electron chi connectivity index (χ1n) is 7.33. The normalized spacial score (nSPS) is 24.8. The fourth-order valence-electron chi connectivity index (χ4n) is 3.55. The van der Waals surface area contributed by atoms with E-state index in [1.807, 2.05) is 0 Å². The number of rotatable bonds is 4. The van der Waals surface area contributed by atoms with Gasteiger partial charge in [-0.15, -0.1) is 5.16 Å². The average molecular weight is 255 g/mol. The zero-order valence-corrected chi connectivity index (χ0v) is 11.7. The summed E-state index contributed by atoms with van der Waals surface area (Å²) in [5.41, 5.74) is 1.94. The van der Waals surface area contributed by atoms with Gasteiger partial charge in [0.1, 0.15) is 0 Å². The van der Waals surface area contributed by atoms with Crippen LogP contribution in [-0.2, 0) is 0 Å². The predicted molar refractivity (Wildman–Crippen MR) is 75.8 cm³/mol. The molecule has 2 fully saturated rings. The van der Waals surface area contributed by atoms with Crippen molar-refractivity contribution < 1.29 is 5.21 Å². The van der Waals surface area contributed by atoms with Crippen LogP contribution in [-0.4, -0.2) is 28.9 Å². The summed E-state index contributed by atoms with van der Waals surface area (Å²) in [6, 6.07) is 0. The number of nitrogens with zero attached hydrogens (tertiary/aromatic N) is 1. The molecule has 0 aromatic rings. The molecular weight excluding hydrogens is 229 g/mol. The molecule has 2 rings (SSSR count). The Morgan fingerprint density at radius 1 is 0.882 bits per heavy atom. The Bertz CT molecular complexity index is 214. The van der Waals surface area contributed by atoms with Crippen molar-refractivity contribution >= 4 is 14.1 Å². The number of oxime groups is 1. The molecule has 0 aliphatic heterocycles. The summed E-state index contributed by atoms with van der Waals surface area (Å²) < 4.78 is 0. The van der Waals surface area contributed by atoms with Crippen molar-refractivity contribution in [2.75, 3.05) is 6.16 Å². The Labute approximate surface area is 107 Å². The third-order valence-corrected chi connectivity index (χ3v) is 7.96. The van der Waals surface area contributed by atoms with Crippen molar-refractivity contribution in [2.45, 2.75) is 75.5 Å². The lowest BCUT2D eigenvalue weighted by atomic mass is 9.99. The topological polar surface area (TPSA) is 32.6 Å². The van der Waals surface area contributed by atoms with E-state index in [1.165, 1.54) is 64.2 Å². The monoisotopic (exact) mass is 255 g/mol. The Kier molecular flexibility index (Phi) is 5.77. The van der Waals surface area contributed by atoms with E-state index >= 15 is 0 Å². The van der Waals surface area contributed by atoms with Gasteiger partial charge in [-0.3, -0.25) is 0 Å². The van der Waals surface area contributed by atoms with E-state index in [0.717, 1.165) is 17.5 Å². The SMILES string of the molecule is O/N=C/CP(C1CCCCC1)C1CCCCC1. The summed E-state index contributed by atoms with van der Waals surface area (Å²) in [6.07, 6.45) is 17.3. The van der Waals surface area contributed by atoms with Crippen molar-refractivity contribution in [1.29, 1.82) is 0 Å². The highest BCUT2D eigenvalue weighted by Crippen LogP contribution is 2.55. The summed E-state index contributed by atoms with van der Waals surface area (Å²) in [4.78, 5) is 0. The van der Waals surface area contributed by atoms with Gasteiger partial charge in [-0.1, -0.05) is 46.4 Å². The molecule has 0 unspecified atom stereocenters. The summed E-state index contributed by atoms with van der Waals surface area (Å²) in [5.74, 6) is 0. The number of hydrogen-bond donors (Lipinski definition) is 1. The van der Waals surface area contributed by atoms with E-state index in [0.29, 0.717) is 0 Å². The fraction of sp³-hybridized carbons (Fsp3) is 0.929. The van der Waals surface area contributed by atoms with Crippen molar-refractivity contribution in [3.8, 4) is 0 Å². The molecule has 2 nitrogen and oxygen atoms in total. The highest BCUT2D eigenvalue weighted by Gasteiger charge is 2.30. The maximum Gasteiger partial charge on any atom is 0.0478 e. The van der Waals surface area contributed by atoms with E-state index in [9.17, 15) is 0 Å². The minimum absolute atomic E-state index is 0.0878. The summed E-state index contributed by atoms with van der Waals surface area (Å²) in [7, 11) is 0.0878. The molecule has 0 aromatic heterocycles. The van der Waals surface area contributed by atoms with Gasteiger partial charge in [-0.25, -0.2) is 0 Å². The van der Waals surface area contributed by atoms with E-state index in [1.54, 1.807) is 6.21 Å². The molecule has 0 radical (unpaired) electrons. The smallest absolute Gasteiger partial charge is 0.0478 e. The third kappa shape index (κ3) is 3.95. The second-order valence-electron chi connectivity index (χ2n) is 5.58. The molecule has 98 valence electrons. The average Bonchev–Trinajstić information content (AvgIpc) is 2.42. The minimum Gasteiger partial charge on any atom is -0.411 e. The molecule has 2 aliphatic carbocycles. The zero-order chi connectivity index (χ0) is 11.9. The third-order valence-electron chi connectivity index (χ3n) is 4.46. The highest BCUT2D eigenvalue weighted by molar-refractivity contribution is 7.60. The molecule has 0 heterocycles. The Morgan fingerprint density at radius 3 is 1.76 bits per heavy atom. The van der Waals surface area contributed by atoms with Crippen LogP contribution in [0.4, 0.5) is 0 Å². The van der Waals surface area contributed by atoms with Crippen molar-refractivity contribution in [1.82, 2.24) is 0 Å². The van der Waals surface area contributed by atoms with E-state index < -0.39 is 0 Å². The van der Waals surface area contributed by atoms with E-state index in [-0.39, 0.29) is 7.92 Å². The van der Waals surface area contributed by atoms with Gasteiger partial charge in [-0.05, 0) is 37.0 Å². The molecule has 17 heavy (non-hydrogen) atoms. The molecule has 0 saturated heterocycles. The largest absolute Gasteiger partial charge is 0.411 e. The molecule has 0 atom stereocenters. The van der Waals surface area contributed by atoms with Crippen LogP contribution in [0.25, 0.3) is 0 Å². The van der Waals surface area contributed by atoms with Crippen LogP contribution in [0.3, 0.4) is 0 Å². The van der Waals surface area contributed by atoms with Crippen molar-refractivity contribution in [2.24, 2.45) is 5.16 Å². The zero-order valence-electron chi connectivity index (χ0n) is 10.9. The lowest BCUT2D eigenvalue weighted by Crippen LogP contribution is -2.22. The molecule has 1 N–H and O–H groups in total. The van der Waals surface area contributed by atoms with Crippen LogP contribution >= 0.6 is 7.92 Å². The van der Waals surface area contributed by atoms with Crippen molar-refractivity contribution in [3.05, 3.63) is 0 Å². The van der Waals surface area contributed by atoms with Crippen LogP contribution < -0.4 is 0 Å². The molecule has 0 amide bonds. The van der Waals surface area contributed by atoms with Crippen LogP contribution in [0.1, 0.15) is 64.2 Å². The van der Waals surface area contributed by atoms with E-state index in [4.69, 9.17) is 5.21 Å². The van der Waals surface area contributed by atoms with Gasteiger partial charge in [0.05, 0.1) is 0 Å². The summed E-state index contributed by atoms with van der Waals surface area (Å²) in [6.45, 7) is 0. The molecule has 0 aromatic carbocycles. The van der Waals surface area contributed by atoms with E-state index in [2.05, 4.69) is 5.16 Å². The first kappa shape index (κ1) is 13.3. The second kappa shape index (κ2) is 7.36. The van der Waals surface area contributed by atoms with Crippen LogP contribution in [0.5, 0.6) is 0 Å². The molecule has 0 spiro atoms. The Balaban J connectivity index is 1.94. The maximum atomic E-state index is 8.69. The van der Waals surface area contributed by atoms with Gasteiger partial charge < -0.3 is 5.21 Å². The highest BCUT2D eigenvalue weighted by atomic mass is 31.1. The van der Waals surface area contributed by atoms with Crippen LogP contribution in [0.2, 0.25) is 0 Å². The fourth-order valence-corrected chi connectivity index (χ4v) is 7.06. The maximum absolute atomic E-state index is 8.69. The minimum atomic E-state index is 0.0878. The quantitative estimate of drug-likeness (QED) is 0.339. The molecule has 2 aliphatic rings. The van der Waals surface area contributed by atoms with Crippen molar-refractivity contribution in [3.63, 3.8) is 0 Å². The predicted octanol–water partition coefficient (Wildman–Crippen LogP) is 4.59. The number of hydrogen-bond acceptors (Lipinski definition) is 2. The summed E-state index contributed by atoms with van der Waals surface area (Å²) >= 11 is 0. The summed E-state index contributed by atoms with van der Waals surface area (Å²) in [5, 5.41) is 11.9. The molecule has 2 saturated carbocycles. The second-order valence-corrected chi connectivity index (χ2v) is 8.43. The Morgan fingerprint density at radius 2 is 1.35 bits per heavy atom. The molecule has 3 heteroatoms. The van der Waals surface area contributed by atoms with Crippen LogP contribution in [0, 0.1) is 0 Å². The Hall–Kier alpha value is -0.100. The van der Waals surface area contributed by atoms with Gasteiger partial charge in [0.15, 0.2) is 0 Å². The van der Waals surface area contributed by atoms with Crippen LogP contribution in [0.15, 0.2) is 5.16 Å². The molecule has 0 bridgehead atoms. The van der Waals surface area contributed by atoms with Gasteiger partial charge in [0, 0.05) is 12.4 Å². The van der Waals surface area contributed by atoms with Gasteiger partial charge in [0.25, 0.3) is 0 Å². The molecular formula is C14H26NOP.